The van der Waals surface area contributed by atoms with Gasteiger partial charge in [-0.2, -0.15) is 0 Å². The molecule has 0 aromatic heterocycles. The second-order valence-electron chi connectivity index (χ2n) is 9.70. The maximum absolute atomic E-state index is 2.41. The minimum Gasteiger partial charge on any atom is -0.0625 e. The molecule has 3 aromatic rings. The number of hydrogen-bond acceptors (Lipinski definition) is 0. The van der Waals surface area contributed by atoms with Gasteiger partial charge in [-0.05, 0) is 84.4 Å². The highest BCUT2D eigenvalue weighted by Gasteiger charge is 2.18. The van der Waals surface area contributed by atoms with Crippen LogP contribution in [-0.2, 0) is 6.42 Å². The quantitative estimate of drug-likeness (QED) is 0.404. The zero-order valence-corrected chi connectivity index (χ0v) is 19.2. The summed E-state index contributed by atoms with van der Waals surface area (Å²) >= 11 is 0. The first-order valence-corrected chi connectivity index (χ1v) is 11.8. The Balaban J connectivity index is 1.47. The predicted octanol–water partition coefficient (Wildman–Crippen LogP) is 8.70. The molecule has 0 saturated heterocycles. The average molecular weight is 397 g/mol. The first-order valence-electron chi connectivity index (χ1n) is 11.8. The Morgan fingerprint density at radius 1 is 0.667 bits per heavy atom. The molecule has 1 saturated carbocycles. The molecule has 0 amide bonds. The van der Waals surface area contributed by atoms with Gasteiger partial charge in [-0.1, -0.05) is 98.8 Å². The van der Waals surface area contributed by atoms with Gasteiger partial charge in [0.2, 0.25) is 0 Å². The van der Waals surface area contributed by atoms with Crippen LogP contribution in [0, 0.1) is 32.6 Å². The highest BCUT2D eigenvalue weighted by Crippen LogP contribution is 2.33. The van der Waals surface area contributed by atoms with E-state index in [1.54, 1.807) is 0 Å². The van der Waals surface area contributed by atoms with Gasteiger partial charge in [0.1, 0.15) is 0 Å². The van der Waals surface area contributed by atoms with E-state index in [2.05, 4.69) is 88.4 Å². The highest BCUT2D eigenvalue weighted by molar-refractivity contribution is 5.74. The summed E-state index contributed by atoms with van der Waals surface area (Å²) in [6.45, 7) is 9.08. The molecule has 4 rings (SSSR count). The fourth-order valence-electron chi connectivity index (χ4n) is 5.03. The van der Waals surface area contributed by atoms with Gasteiger partial charge in [-0.25, -0.2) is 0 Å². The summed E-state index contributed by atoms with van der Waals surface area (Å²) in [5, 5.41) is 0. The normalized spacial score (nSPS) is 19.1. The zero-order chi connectivity index (χ0) is 21.1. The molecule has 0 aliphatic heterocycles. The summed E-state index contributed by atoms with van der Waals surface area (Å²) in [4.78, 5) is 0. The minimum absolute atomic E-state index is 0.942. The van der Waals surface area contributed by atoms with E-state index in [0.717, 1.165) is 11.8 Å². The minimum atomic E-state index is 0.942. The molecule has 0 radical (unpaired) electrons. The summed E-state index contributed by atoms with van der Waals surface area (Å²) in [5.74, 6) is 1.89. The van der Waals surface area contributed by atoms with Crippen molar-refractivity contribution >= 4 is 0 Å². The highest BCUT2D eigenvalue weighted by atomic mass is 14.2. The molecular weight excluding hydrogens is 360 g/mol. The molecule has 0 atom stereocenters. The molecule has 0 unspecified atom stereocenters. The number of rotatable bonds is 5. The molecule has 3 aromatic carbocycles. The van der Waals surface area contributed by atoms with Crippen LogP contribution in [0.2, 0.25) is 0 Å². The first kappa shape index (κ1) is 20.9. The van der Waals surface area contributed by atoms with Gasteiger partial charge in [0, 0.05) is 0 Å². The smallest absolute Gasteiger partial charge is 0.0154 e. The molecule has 0 spiro atoms. The fraction of sp³-hybridized carbons (Fsp3) is 0.400. The Morgan fingerprint density at radius 2 is 1.30 bits per heavy atom. The van der Waals surface area contributed by atoms with E-state index < -0.39 is 0 Å². The largest absolute Gasteiger partial charge is 0.0625 e. The zero-order valence-electron chi connectivity index (χ0n) is 19.2. The van der Waals surface area contributed by atoms with Crippen molar-refractivity contribution in [2.45, 2.75) is 66.2 Å². The maximum Gasteiger partial charge on any atom is -0.0154 e. The Morgan fingerprint density at radius 3 is 1.97 bits per heavy atom. The third-order valence-electron chi connectivity index (χ3n) is 7.22. The number of hydrogen-bond donors (Lipinski definition) is 0. The standard InChI is InChI=1S/C30H36/c1-21-5-9-25(10-6-21)11-14-26-15-16-29(19-23(26)3)30-18-17-28(20-24(30)4)27-12-7-22(2)8-13-27/h7-8,12-13,15-21,25H,5-6,9-11,14H2,1-4H3. The predicted molar refractivity (Wildman–Crippen MR) is 131 cm³/mol. The number of aryl methyl sites for hydroxylation is 4. The number of benzene rings is 3. The van der Waals surface area contributed by atoms with Gasteiger partial charge in [0.25, 0.3) is 0 Å². The molecule has 1 fully saturated rings. The van der Waals surface area contributed by atoms with E-state index >= 15 is 0 Å². The molecular formula is C30H36. The lowest BCUT2D eigenvalue weighted by Crippen LogP contribution is -2.13. The van der Waals surface area contributed by atoms with Crippen molar-refractivity contribution in [3.8, 4) is 22.3 Å². The van der Waals surface area contributed by atoms with Gasteiger partial charge in [0.05, 0.1) is 0 Å². The summed E-state index contributed by atoms with van der Waals surface area (Å²) in [6, 6.07) is 22.8. The lowest BCUT2D eigenvalue weighted by atomic mass is 9.80. The molecule has 0 N–H and O–H groups in total. The van der Waals surface area contributed by atoms with Crippen LogP contribution in [0.1, 0.15) is 61.3 Å². The third-order valence-corrected chi connectivity index (χ3v) is 7.22. The van der Waals surface area contributed by atoms with Gasteiger partial charge in [-0.3, -0.25) is 0 Å². The summed E-state index contributed by atoms with van der Waals surface area (Å²) in [6.07, 6.45) is 8.32. The summed E-state index contributed by atoms with van der Waals surface area (Å²) in [5.41, 5.74) is 10.9. The fourth-order valence-corrected chi connectivity index (χ4v) is 5.03. The van der Waals surface area contributed by atoms with Gasteiger partial charge in [0.15, 0.2) is 0 Å². The van der Waals surface area contributed by atoms with Crippen molar-refractivity contribution in [2.24, 2.45) is 11.8 Å². The van der Waals surface area contributed by atoms with Crippen LogP contribution in [0.15, 0.2) is 60.7 Å². The van der Waals surface area contributed by atoms with E-state index in [0.29, 0.717) is 0 Å². The molecule has 30 heavy (non-hydrogen) atoms. The van der Waals surface area contributed by atoms with E-state index in [1.807, 2.05) is 0 Å². The molecule has 1 aliphatic carbocycles. The van der Waals surface area contributed by atoms with Crippen molar-refractivity contribution in [2.75, 3.05) is 0 Å². The van der Waals surface area contributed by atoms with Crippen LogP contribution in [0.4, 0.5) is 0 Å². The molecule has 156 valence electrons. The lowest BCUT2D eigenvalue weighted by molar-refractivity contribution is 0.277. The van der Waals surface area contributed by atoms with Crippen molar-refractivity contribution in [3.63, 3.8) is 0 Å². The SMILES string of the molecule is Cc1ccc(-c2ccc(-c3ccc(CCC4CCC(C)CC4)c(C)c3)c(C)c2)cc1. The Labute approximate surface area is 183 Å². The maximum atomic E-state index is 2.41. The second-order valence-corrected chi connectivity index (χ2v) is 9.70. The van der Waals surface area contributed by atoms with Gasteiger partial charge in [-0.15, -0.1) is 0 Å². The monoisotopic (exact) mass is 396 g/mol. The van der Waals surface area contributed by atoms with Crippen LogP contribution in [0.5, 0.6) is 0 Å². The van der Waals surface area contributed by atoms with Crippen LogP contribution < -0.4 is 0 Å². The molecule has 0 heteroatoms. The molecule has 1 aliphatic rings. The van der Waals surface area contributed by atoms with Crippen LogP contribution in [-0.4, -0.2) is 0 Å². The molecule has 0 bridgehead atoms. The second kappa shape index (κ2) is 9.21. The molecule has 0 nitrogen and oxygen atoms in total. The van der Waals surface area contributed by atoms with Gasteiger partial charge >= 0.3 is 0 Å². The molecule has 0 heterocycles. The van der Waals surface area contributed by atoms with Crippen LogP contribution >= 0.6 is 0 Å². The third kappa shape index (κ3) is 4.86. The topological polar surface area (TPSA) is 0 Å². The van der Waals surface area contributed by atoms with E-state index in [9.17, 15) is 0 Å². The summed E-state index contributed by atoms with van der Waals surface area (Å²) < 4.78 is 0. The Kier molecular flexibility index (Phi) is 6.42. The summed E-state index contributed by atoms with van der Waals surface area (Å²) in [7, 11) is 0. The Bertz CT molecular complexity index is 985. The average Bonchev–Trinajstić information content (AvgIpc) is 2.74. The van der Waals surface area contributed by atoms with E-state index in [-0.39, 0.29) is 0 Å². The van der Waals surface area contributed by atoms with Crippen molar-refractivity contribution in [1.82, 2.24) is 0 Å². The Hall–Kier alpha value is -2.34. The lowest BCUT2D eigenvalue weighted by Gasteiger charge is -2.26. The van der Waals surface area contributed by atoms with Crippen LogP contribution in [0.3, 0.4) is 0 Å². The first-order chi connectivity index (χ1) is 14.5. The van der Waals surface area contributed by atoms with Crippen molar-refractivity contribution in [1.29, 1.82) is 0 Å². The van der Waals surface area contributed by atoms with E-state index in [1.165, 1.54) is 83.0 Å². The van der Waals surface area contributed by atoms with Crippen molar-refractivity contribution < 1.29 is 0 Å². The van der Waals surface area contributed by atoms with Crippen LogP contribution in [0.25, 0.3) is 22.3 Å². The van der Waals surface area contributed by atoms with E-state index in [4.69, 9.17) is 0 Å². The van der Waals surface area contributed by atoms with Gasteiger partial charge < -0.3 is 0 Å². The van der Waals surface area contributed by atoms with Crippen molar-refractivity contribution in [3.05, 3.63) is 82.9 Å².